The molecule has 0 aliphatic rings. The fourth-order valence-corrected chi connectivity index (χ4v) is 1.48. The number of ether oxygens (including phenoxy) is 2. The van der Waals surface area contributed by atoms with Gasteiger partial charge in [0, 0.05) is 18.7 Å². The molecule has 0 N–H and O–H groups in total. The first-order chi connectivity index (χ1) is 9.56. The first-order valence-corrected chi connectivity index (χ1v) is 6.23. The first-order valence-electron chi connectivity index (χ1n) is 6.23. The van der Waals surface area contributed by atoms with E-state index < -0.39 is 11.9 Å². The number of amides is 1. The van der Waals surface area contributed by atoms with Gasteiger partial charge < -0.3 is 14.4 Å². The van der Waals surface area contributed by atoms with Crippen molar-refractivity contribution in [2.45, 2.75) is 20.3 Å². The summed E-state index contributed by atoms with van der Waals surface area (Å²) in [4.78, 5) is 34.6. The molecule has 0 saturated carbocycles. The predicted molar refractivity (Wildman–Crippen MR) is 72.4 cm³/mol. The lowest BCUT2D eigenvalue weighted by atomic mass is 10.3. The van der Waals surface area contributed by atoms with Crippen LogP contribution in [0.4, 0.5) is 5.69 Å². The van der Waals surface area contributed by atoms with Crippen molar-refractivity contribution in [3.63, 3.8) is 0 Å². The molecule has 0 bridgehead atoms. The van der Waals surface area contributed by atoms with Crippen molar-refractivity contribution < 1.29 is 23.9 Å². The lowest BCUT2D eigenvalue weighted by Crippen LogP contribution is -2.29. The number of rotatable bonds is 7. The highest BCUT2D eigenvalue weighted by molar-refractivity contribution is 5.86. The number of carbonyl (C=O) groups is 3. The fourth-order valence-electron chi connectivity index (χ4n) is 1.48. The van der Waals surface area contributed by atoms with E-state index in [1.54, 1.807) is 18.2 Å². The van der Waals surface area contributed by atoms with Crippen LogP contribution in [-0.2, 0) is 19.1 Å². The van der Waals surface area contributed by atoms with Gasteiger partial charge in [-0.15, -0.1) is 0 Å². The van der Waals surface area contributed by atoms with Gasteiger partial charge in [0.05, 0.1) is 6.61 Å². The van der Waals surface area contributed by atoms with Crippen LogP contribution in [0.15, 0.2) is 24.3 Å². The summed E-state index contributed by atoms with van der Waals surface area (Å²) in [5.74, 6) is -0.636. The standard InChI is InChI=1S/C14H17NO5/c1-3-7-19-14(18)9-15(10-16)12-5-4-6-13(8-12)20-11(2)17/h4-6,8,10H,3,7,9H2,1-2H3. The summed E-state index contributed by atoms with van der Waals surface area (Å²) in [5.41, 5.74) is 0.451. The van der Waals surface area contributed by atoms with Crippen LogP contribution in [0.2, 0.25) is 0 Å². The van der Waals surface area contributed by atoms with Gasteiger partial charge in [-0.25, -0.2) is 0 Å². The van der Waals surface area contributed by atoms with Gasteiger partial charge >= 0.3 is 11.9 Å². The Morgan fingerprint density at radius 3 is 2.70 bits per heavy atom. The third-order valence-corrected chi connectivity index (χ3v) is 2.30. The second kappa shape index (κ2) is 7.93. The summed E-state index contributed by atoms with van der Waals surface area (Å²) in [5, 5.41) is 0. The molecule has 1 rings (SSSR count). The van der Waals surface area contributed by atoms with Crippen molar-refractivity contribution in [2.75, 3.05) is 18.1 Å². The highest BCUT2D eigenvalue weighted by Gasteiger charge is 2.12. The molecule has 0 atom stereocenters. The number of nitrogens with zero attached hydrogens (tertiary/aromatic N) is 1. The second-order valence-corrected chi connectivity index (χ2v) is 4.04. The molecule has 0 aliphatic carbocycles. The minimum Gasteiger partial charge on any atom is -0.464 e. The van der Waals surface area contributed by atoms with Crippen molar-refractivity contribution in [1.29, 1.82) is 0 Å². The Bertz CT molecular complexity index is 486. The van der Waals surface area contributed by atoms with E-state index in [4.69, 9.17) is 9.47 Å². The van der Waals surface area contributed by atoms with E-state index in [2.05, 4.69) is 0 Å². The molecule has 0 radical (unpaired) electrons. The summed E-state index contributed by atoms with van der Waals surface area (Å²) in [6, 6.07) is 6.35. The lowest BCUT2D eigenvalue weighted by Gasteiger charge is -2.17. The fraction of sp³-hybridized carbons (Fsp3) is 0.357. The maximum absolute atomic E-state index is 11.5. The summed E-state index contributed by atoms with van der Waals surface area (Å²) < 4.78 is 9.84. The van der Waals surface area contributed by atoms with Gasteiger partial charge in [0.15, 0.2) is 0 Å². The Kier molecular flexibility index (Phi) is 6.22. The molecule has 1 amide bonds. The molecule has 6 nitrogen and oxygen atoms in total. The molecular weight excluding hydrogens is 262 g/mol. The van der Waals surface area contributed by atoms with Crippen molar-refractivity contribution >= 4 is 24.0 Å². The van der Waals surface area contributed by atoms with Gasteiger partial charge in [-0.2, -0.15) is 0 Å². The number of benzene rings is 1. The Morgan fingerprint density at radius 1 is 1.35 bits per heavy atom. The Labute approximate surface area is 117 Å². The number of hydrogen-bond acceptors (Lipinski definition) is 5. The monoisotopic (exact) mass is 279 g/mol. The molecular formula is C14H17NO5. The second-order valence-electron chi connectivity index (χ2n) is 4.04. The molecule has 0 saturated heterocycles. The highest BCUT2D eigenvalue weighted by Crippen LogP contribution is 2.20. The molecule has 0 aliphatic heterocycles. The van der Waals surface area contributed by atoms with E-state index in [0.717, 1.165) is 6.42 Å². The van der Waals surface area contributed by atoms with Crippen LogP contribution >= 0.6 is 0 Å². The topological polar surface area (TPSA) is 72.9 Å². The molecule has 0 unspecified atom stereocenters. The normalized spacial score (nSPS) is 9.70. The molecule has 0 aromatic heterocycles. The molecule has 1 aromatic rings. The quantitative estimate of drug-likeness (QED) is 0.430. The molecule has 108 valence electrons. The Hall–Kier alpha value is -2.37. The van der Waals surface area contributed by atoms with Crippen LogP contribution in [0.3, 0.4) is 0 Å². The molecule has 6 heteroatoms. The minimum absolute atomic E-state index is 0.187. The maximum Gasteiger partial charge on any atom is 0.326 e. The van der Waals surface area contributed by atoms with E-state index in [-0.39, 0.29) is 6.54 Å². The van der Waals surface area contributed by atoms with E-state index in [1.807, 2.05) is 6.92 Å². The number of esters is 2. The van der Waals surface area contributed by atoms with Gasteiger partial charge in [-0.3, -0.25) is 14.4 Å². The lowest BCUT2D eigenvalue weighted by molar-refractivity contribution is -0.142. The SMILES string of the molecule is CCCOC(=O)CN(C=O)c1cccc(OC(C)=O)c1. The molecule has 1 aromatic carbocycles. The third kappa shape index (κ3) is 5.09. The maximum atomic E-state index is 11.5. The Morgan fingerprint density at radius 2 is 2.10 bits per heavy atom. The van der Waals surface area contributed by atoms with Gasteiger partial charge in [0.1, 0.15) is 12.3 Å². The molecule has 0 fully saturated rings. The van der Waals surface area contributed by atoms with Crippen LogP contribution in [0.25, 0.3) is 0 Å². The molecule has 0 heterocycles. The summed E-state index contributed by atoms with van der Waals surface area (Å²) in [6.45, 7) is 3.30. The van der Waals surface area contributed by atoms with Crippen LogP contribution in [0.5, 0.6) is 5.75 Å². The largest absolute Gasteiger partial charge is 0.464 e. The van der Waals surface area contributed by atoms with E-state index >= 15 is 0 Å². The zero-order chi connectivity index (χ0) is 15.0. The average Bonchev–Trinajstić information content (AvgIpc) is 2.42. The first kappa shape index (κ1) is 15.7. The van der Waals surface area contributed by atoms with Gasteiger partial charge in [-0.05, 0) is 18.6 Å². The van der Waals surface area contributed by atoms with Crippen LogP contribution in [0, 0.1) is 0 Å². The molecule has 0 spiro atoms. The highest BCUT2D eigenvalue weighted by atomic mass is 16.5. The van der Waals surface area contributed by atoms with E-state index in [1.165, 1.54) is 17.9 Å². The van der Waals surface area contributed by atoms with E-state index in [9.17, 15) is 14.4 Å². The third-order valence-electron chi connectivity index (χ3n) is 2.30. The van der Waals surface area contributed by atoms with Gasteiger partial charge in [-0.1, -0.05) is 13.0 Å². The Balaban J connectivity index is 2.76. The molecule has 20 heavy (non-hydrogen) atoms. The smallest absolute Gasteiger partial charge is 0.326 e. The summed E-state index contributed by atoms with van der Waals surface area (Å²) in [7, 11) is 0. The van der Waals surface area contributed by atoms with Crippen molar-refractivity contribution in [3.05, 3.63) is 24.3 Å². The average molecular weight is 279 g/mol. The van der Waals surface area contributed by atoms with Crippen LogP contribution in [-0.4, -0.2) is 31.5 Å². The zero-order valence-corrected chi connectivity index (χ0v) is 11.5. The zero-order valence-electron chi connectivity index (χ0n) is 11.5. The van der Waals surface area contributed by atoms with Crippen molar-refractivity contribution in [3.8, 4) is 5.75 Å². The van der Waals surface area contributed by atoms with Crippen LogP contribution in [0.1, 0.15) is 20.3 Å². The van der Waals surface area contributed by atoms with E-state index in [0.29, 0.717) is 24.5 Å². The predicted octanol–water partition coefficient (Wildman–Crippen LogP) is 1.53. The summed E-state index contributed by atoms with van der Waals surface area (Å²) >= 11 is 0. The minimum atomic E-state index is -0.489. The number of hydrogen-bond donors (Lipinski definition) is 0. The van der Waals surface area contributed by atoms with Crippen molar-refractivity contribution in [1.82, 2.24) is 0 Å². The van der Waals surface area contributed by atoms with Crippen molar-refractivity contribution in [2.24, 2.45) is 0 Å². The number of anilines is 1. The summed E-state index contributed by atoms with van der Waals surface area (Å²) in [6.07, 6.45) is 1.24. The van der Waals surface area contributed by atoms with Crippen LogP contribution < -0.4 is 9.64 Å². The number of carbonyl (C=O) groups excluding carboxylic acids is 3. The van der Waals surface area contributed by atoms with Gasteiger partial charge in [0.25, 0.3) is 0 Å². The van der Waals surface area contributed by atoms with Gasteiger partial charge in [0.2, 0.25) is 6.41 Å².